The van der Waals surface area contributed by atoms with E-state index >= 15 is 0 Å². The lowest BCUT2D eigenvalue weighted by atomic mass is 9.97. The van der Waals surface area contributed by atoms with Crippen LogP contribution in [0.4, 0.5) is 5.69 Å². The largest absolute Gasteiger partial charge is 0.398 e. The van der Waals surface area contributed by atoms with Crippen LogP contribution in [0.25, 0.3) is 0 Å². The Hall–Kier alpha value is -1.51. The molecule has 0 aromatic heterocycles. The van der Waals surface area contributed by atoms with E-state index in [4.69, 9.17) is 5.73 Å². The molecule has 2 rings (SSSR count). The van der Waals surface area contributed by atoms with Gasteiger partial charge in [0.2, 0.25) is 0 Å². The number of nitrogens with two attached hydrogens (primary N) is 1. The monoisotopic (exact) mass is 302 g/mol. The van der Waals surface area contributed by atoms with Gasteiger partial charge in [0.25, 0.3) is 5.91 Å². The van der Waals surface area contributed by atoms with Gasteiger partial charge in [-0.25, -0.2) is 0 Å². The zero-order chi connectivity index (χ0) is 15.6. The van der Waals surface area contributed by atoms with Gasteiger partial charge in [-0.1, -0.05) is 69.9 Å². The highest BCUT2D eigenvalue weighted by molar-refractivity contribution is 5.99. The maximum Gasteiger partial charge on any atom is 0.253 e. The molecule has 3 heteroatoms. The summed E-state index contributed by atoms with van der Waals surface area (Å²) in [6.45, 7) is 0. The van der Waals surface area contributed by atoms with Gasteiger partial charge in [0.1, 0.15) is 0 Å². The molecule has 0 aliphatic heterocycles. The van der Waals surface area contributed by atoms with Crippen molar-refractivity contribution in [3.8, 4) is 0 Å². The van der Waals surface area contributed by atoms with Crippen LogP contribution in [-0.4, -0.2) is 11.9 Å². The fourth-order valence-corrected chi connectivity index (χ4v) is 3.27. The number of nitrogens with one attached hydrogen (secondary N) is 1. The Labute approximate surface area is 134 Å². The highest BCUT2D eigenvalue weighted by atomic mass is 16.1. The van der Waals surface area contributed by atoms with Crippen LogP contribution >= 0.6 is 0 Å². The summed E-state index contributed by atoms with van der Waals surface area (Å²) in [5.74, 6) is -0.0183. The van der Waals surface area contributed by atoms with Crippen molar-refractivity contribution in [1.29, 1.82) is 0 Å². The van der Waals surface area contributed by atoms with Crippen LogP contribution in [0.5, 0.6) is 0 Å². The van der Waals surface area contributed by atoms with E-state index in [0.29, 0.717) is 17.3 Å². The number of hydrogen-bond acceptors (Lipinski definition) is 2. The second-order valence-electron chi connectivity index (χ2n) is 6.52. The first kappa shape index (κ1) is 16.9. The lowest BCUT2D eigenvalue weighted by Crippen LogP contribution is -2.35. The Morgan fingerprint density at radius 2 is 1.36 bits per heavy atom. The minimum absolute atomic E-state index is 0.0183. The number of nitrogen functional groups attached to an aromatic ring is 1. The number of anilines is 1. The van der Waals surface area contributed by atoms with Crippen LogP contribution in [-0.2, 0) is 0 Å². The number of carbonyl (C=O) groups excluding carboxylic acids is 1. The van der Waals surface area contributed by atoms with Crippen LogP contribution in [0.2, 0.25) is 0 Å². The predicted octanol–water partition coefficient (Wildman–Crippen LogP) is 4.67. The SMILES string of the molecule is Nc1ccccc1C(=O)NC1CCCCCCCCCCC1. The Balaban J connectivity index is 1.89. The molecule has 122 valence electrons. The average Bonchev–Trinajstić information content (AvgIpc) is 2.50. The number of hydrogen-bond donors (Lipinski definition) is 2. The average molecular weight is 302 g/mol. The van der Waals surface area contributed by atoms with E-state index in [1.54, 1.807) is 12.1 Å². The van der Waals surface area contributed by atoms with Gasteiger partial charge in [0.15, 0.2) is 0 Å². The fourth-order valence-electron chi connectivity index (χ4n) is 3.27. The Morgan fingerprint density at radius 1 is 0.864 bits per heavy atom. The maximum atomic E-state index is 12.4. The maximum absolute atomic E-state index is 12.4. The number of rotatable bonds is 2. The number of carbonyl (C=O) groups is 1. The summed E-state index contributed by atoms with van der Waals surface area (Å²) in [4.78, 5) is 12.4. The zero-order valence-electron chi connectivity index (χ0n) is 13.7. The molecule has 0 unspecified atom stereocenters. The summed E-state index contributed by atoms with van der Waals surface area (Å²) in [6, 6.07) is 7.62. The van der Waals surface area contributed by atoms with E-state index in [-0.39, 0.29) is 5.91 Å². The van der Waals surface area contributed by atoms with Gasteiger partial charge in [-0.3, -0.25) is 4.79 Å². The number of para-hydroxylation sites is 1. The van der Waals surface area contributed by atoms with Gasteiger partial charge in [-0.2, -0.15) is 0 Å². The molecule has 1 saturated carbocycles. The van der Waals surface area contributed by atoms with Crippen LogP contribution in [0.1, 0.15) is 81.0 Å². The van der Waals surface area contributed by atoms with Crippen molar-refractivity contribution in [2.24, 2.45) is 0 Å². The number of amides is 1. The summed E-state index contributed by atoms with van der Waals surface area (Å²) in [7, 11) is 0. The minimum atomic E-state index is -0.0183. The molecule has 1 fully saturated rings. The van der Waals surface area contributed by atoms with Crippen LogP contribution < -0.4 is 11.1 Å². The third kappa shape index (κ3) is 5.70. The third-order valence-corrected chi connectivity index (χ3v) is 4.65. The first-order chi connectivity index (χ1) is 10.8. The third-order valence-electron chi connectivity index (χ3n) is 4.65. The van der Waals surface area contributed by atoms with Crippen molar-refractivity contribution in [3.63, 3.8) is 0 Å². The Bertz CT molecular complexity index is 447. The molecule has 0 radical (unpaired) electrons. The molecule has 1 aromatic carbocycles. The molecule has 1 aliphatic rings. The molecule has 1 amide bonds. The highest BCUT2D eigenvalue weighted by Gasteiger charge is 2.15. The van der Waals surface area contributed by atoms with E-state index in [0.717, 1.165) is 12.8 Å². The van der Waals surface area contributed by atoms with Crippen molar-refractivity contribution in [2.45, 2.75) is 76.7 Å². The zero-order valence-corrected chi connectivity index (χ0v) is 13.7. The molecular weight excluding hydrogens is 272 g/mol. The highest BCUT2D eigenvalue weighted by Crippen LogP contribution is 2.18. The summed E-state index contributed by atoms with van der Waals surface area (Å²) in [5, 5.41) is 3.21. The number of benzene rings is 1. The summed E-state index contributed by atoms with van der Waals surface area (Å²) in [5.41, 5.74) is 7.07. The van der Waals surface area contributed by atoms with Gasteiger partial charge >= 0.3 is 0 Å². The van der Waals surface area contributed by atoms with Crippen molar-refractivity contribution >= 4 is 11.6 Å². The van der Waals surface area contributed by atoms with Crippen LogP contribution in [0.3, 0.4) is 0 Å². The molecule has 0 bridgehead atoms. The van der Waals surface area contributed by atoms with Crippen molar-refractivity contribution < 1.29 is 4.79 Å². The van der Waals surface area contributed by atoms with Gasteiger partial charge < -0.3 is 11.1 Å². The molecule has 0 heterocycles. The summed E-state index contributed by atoms with van der Waals surface area (Å²) in [6.07, 6.45) is 14.0. The van der Waals surface area contributed by atoms with Gasteiger partial charge in [0, 0.05) is 11.7 Å². The first-order valence-electron chi connectivity index (χ1n) is 8.93. The summed E-state index contributed by atoms with van der Waals surface area (Å²) >= 11 is 0. The van der Waals surface area contributed by atoms with Crippen molar-refractivity contribution in [3.05, 3.63) is 29.8 Å². The molecular formula is C19H30N2O. The molecule has 22 heavy (non-hydrogen) atoms. The van der Waals surface area contributed by atoms with Gasteiger partial charge in [0.05, 0.1) is 5.56 Å². The van der Waals surface area contributed by atoms with Gasteiger partial charge in [-0.05, 0) is 25.0 Å². The standard InChI is InChI=1S/C19H30N2O/c20-18-15-11-10-14-17(18)19(22)21-16-12-8-6-4-2-1-3-5-7-9-13-16/h10-11,14-16H,1-9,12-13,20H2,(H,21,22). The molecule has 1 aromatic rings. The fraction of sp³-hybridized carbons (Fsp3) is 0.632. The normalized spacial score (nSPS) is 18.9. The molecule has 3 N–H and O–H groups in total. The second-order valence-corrected chi connectivity index (χ2v) is 6.52. The van der Waals surface area contributed by atoms with E-state index in [1.165, 1.54) is 57.8 Å². The van der Waals surface area contributed by atoms with Crippen LogP contribution in [0, 0.1) is 0 Å². The predicted molar refractivity (Wildman–Crippen MR) is 92.9 cm³/mol. The van der Waals surface area contributed by atoms with Crippen LogP contribution in [0.15, 0.2) is 24.3 Å². The lowest BCUT2D eigenvalue weighted by Gasteiger charge is -2.20. The van der Waals surface area contributed by atoms with E-state index in [2.05, 4.69) is 5.32 Å². The van der Waals surface area contributed by atoms with E-state index in [9.17, 15) is 4.79 Å². The first-order valence-corrected chi connectivity index (χ1v) is 8.93. The molecule has 0 atom stereocenters. The summed E-state index contributed by atoms with van der Waals surface area (Å²) < 4.78 is 0. The molecule has 3 nitrogen and oxygen atoms in total. The van der Waals surface area contributed by atoms with Gasteiger partial charge in [-0.15, -0.1) is 0 Å². The minimum Gasteiger partial charge on any atom is -0.398 e. The van der Waals surface area contributed by atoms with E-state index < -0.39 is 0 Å². The second kappa shape index (κ2) is 9.50. The Morgan fingerprint density at radius 3 is 1.91 bits per heavy atom. The van der Waals surface area contributed by atoms with Crippen molar-refractivity contribution in [1.82, 2.24) is 5.32 Å². The molecule has 1 aliphatic carbocycles. The molecule has 0 spiro atoms. The molecule has 0 saturated heterocycles. The lowest BCUT2D eigenvalue weighted by molar-refractivity contribution is 0.0932. The van der Waals surface area contributed by atoms with E-state index in [1.807, 2.05) is 12.1 Å². The topological polar surface area (TPSA) is 55.1 Å². The quantitative estimate of drug-likeness (QED) is 0.780. The van der Waals surface area contributed by atoms with Crippen molar-refractivity contribution in [2.75, 3.05) is 5.73 Å². The Kier molecular flexibility index (Phi) is 7.27. The smallest absolute Gasteiger partial charge is 0.253 e.